The van der Waals surface area contributed by atoms with Crippen LogP contribution in [0, 0.1) is 0 Å². The molecule has 0 radical (unpaired) electrons. The molecule has 0 N–H and O–H groups in total. The van der Waals surface area contributed by atoms with Crippen molar-refractivity contribution < 1.29 is 9.53 Å². The zero-order chi connectivity index (χ0) is 4.57. The van der Waals surface area contributed by atoms with Crippen molar-refractivity contribution in [1.29, 1.82) is 0 Å². The molecule has 0 aromatic heterocycles. The van der Waals surface area contributed by atoms with Crippen LogP contribution in [0.1, 0.15) is 0 Å². The van der Waals surface area contributed by atoms with Crippen LogP contribution in [-0.4, -0.2) is 9.68 Å². The number of ether oxygens (including phenoxy) is 1. The Morgan fingerprint density at radius 1 is 1.83 bits per heavy atom. The van der Waals surface area contributed by atoms with Gasteiger partial charge in [0.15, 0.2) is 0 Å². The summed E-state index contributed by atoms with van der Waals surface area (Å²) in [5.74, 6) is 0. The highest BCUT2D eigenvalue weighted by atomic mass is 32.2. The number of hydrogen-bond donors (Lipinski definition) is 0. The van der Waals surface area contributed by atoms with Crippen LogP contribution in [0.15, 0.2) is 0 Å². The molecule has 1 aliphatic rings. The molecule has 0 amide bonds. The SMILES string of the molecule is O=C1OC(=S)S1. The second kappa shape index (κ2) is 1.20. The third kappa shape index (κ3) is 0.529. The fourth-order valence-electron chi connectivity index (χ4n) is 0.144. The molecule has 6 heavy (non-hydrogen) atoms. The molecule has 1 heterocycles. The molecule has 0 unspecified atom stereocenters. The summed E-state index contributed by atoms with van der Waals surface area (Å²) in [6.07, 6.45) is 0. The van der Waals surface area contributed by atoms with E-state index in [9.17, 15) is 4.79 Å². The molecule has 0 bridgehead atoms. The number of carbonyl (C=O) groups excluding carboxylic acids is 1. The van der Waals surface area contributed by atoms with Crippen molar-refractivity contribution in [3.05, 3.63) is 0 Å². The van der Waals surface area contributed by atoms with Crippen LogP contribution in [0.4, 0.5) is 4.79 Å². The molecule has 0 saturated carbocycles. The fourth-order valence-corrected chi connectivity index (χ4v) is 0.737. The minimum atomic E-state index is -0.292. The molecular weight excluding hydrogens is 120 g/mol. The maximum Gasteiger partial charge on any atom is 0.382 e. The molecule has 4 heteroatoms. The van der Waals surface area contributed by atoms with Gasteiger partial charge in [-0.15, -0.1) is 0 Å². The van der Waals surface area contributed by atoms with Crippen molar-refractivity contribution in [2.75, 3.05) is 0 Å². The van der Waals surface area contributed by atoms with E-state index >= 15 is 0 Å². The largest absolute Gasteiger partial charge is 0.399 e. The Labute approximate surface area is 43.9 Å². The Hall–Kier alpha value is -0.0900. The normalized spacial score (nSPS) is 19.3. The average molecular weight is 120 g/mol. The number of cyclic esters (lactones) is 1. The first-order valence-electron chi connectivity index (χ1n) is 1.22. The lowest BCUT2D eigenvalue weighted by Crippen LogP contribution is -2.14. The summed E-state index contributed by atoms with van der Waals surface area (Å²) in [6.45, 7) is 0. The van der Waals surface area contributed by atoms with Gasteiger partial charge in [0, 0.05) is 11.8 Å². The summed E-state index contributed by atoms with van der Waals surface area (Å²) in [4.78, 5) is 9.76. The molecule has 0 aliphatic carbocycles. The lowest BCUT2D eigenvalue weighted by atomic mass is 11.4. The van der Waals surface area contributed by atoms with Gasteiger partial charge in [-0.25, -0.2) is 4.79 Å². The second-order valence-corrected chi connectivity index (χ2v) is 2.24. The van der Waals surface area contributed by atoms with E-state index in [0.29, 0.717) is 4.38 Å². The lowest BCUT2D eigenvalue weighted by Gasteiger charge is -2.08. The Balaban J connectivity index is 2.47. The van der Waals surface area contributed by atoms with E-state index in [1.807, 2.05) is 0 Å². The van der Waals surface area contributed by atoms with Gasteiger partial charge in [0.25, 0.3) is 0 Å². The summed E-state index contributed by atoms with van der Waals surface area (Å²) < 4.78 is 4.53. The van der Waals surface area contributed by atoms with Crippen LogP contribution in [-0.2, 0) is 4.74 Å². The standard InChI is InChI=1S/C2O2S2/c3-1-4-2(5)6-1. The van der Waals surface area contributed by atoms with Gasteiger partial charge < -0.3 is 4.74 Å². The predicted octanol–water partition coefficient (Wildman–Crippen LogP) is 1.15. The molecule has 1 saturated heterocycles. The topological polar surface area (TPSA) is 26.3 Å². The van der Waals surface area contributed by atoms with Gasteiger partial charge >= 0.3 is 5.30 Å². The number of thioether (sulfide) groups is 1. The second-order valence-electron chi connectivity index (χ2n) is 0.704. The zero-order valence-electron chi connectivity index (χ0n) is 2.63. The summed E-state index contributed by atoms with van der Waals surface area (Å²) in [5.41, 5.74) is 0. The lowest BCUT2D eigenvalue weighted by molar-refractivity contribution is 0.223. The van der Waals surface area contributed by atoms with Crippen LogP contribution < -0.4 is 0 Å². The van der Waals surface area contributed by atoms with Crippen LogP contribution in [0.3, 0.4) is 0 Å². The van der Waals surface area contributed by atoms with Crippen molar-refractivity contribution in [2.45, 2.75) is 0 Å². The molecule has 2 nitrogen and oxygen atoms in total. The van der Waals surface area contributed by atoms with Gasteiger partial charge in [-0.3, -0.25) is 0 Å². The summed E-state index contributed by atoms with van der Waals surface area (Å²) >= 11 is 5.33. The summed E-state index contributed by atoms with van der Waals surface area (Å²) in [7, 11) is 0. The Morgan fingerprint density at radius 3 is 2.33 bits per heavy atom. The van der Waals surface area contributed by atoms with E-state index < -0.39 is 0 Å². The van der Waals surface area contributed by atoms with Crippen molar-refractivity contribution in [2.24, 2.45) is 0 Å². The average Bonchev–Trinajstić information content (AvgIpc) is 1.33. The van der Waals surface area contributed by atoms with Crippen LogP contribution in [0.5, 0.6) is 0 Å². The monoisotopic (exact) mass is 120 g/mol. The molecule has 1 aliphatic heterocycles. The highest BCUT2D eigenvalue weighted by Gasteiger charge is 2.22. The van der Waals surface area contributed by atoms with Gasteiger partial charge in [0.2, 0.25) is 4.38 Å². The van der Waals surface area contributed by atoms with Crippen LogP contribution in [0.25, 0.3) is 0 Å². The Morgan fingerprint density at radius 2 is 2.33 bits per heavy atom. The van der Waals surface area contributed by atoms with E-state index in [2.05, 4.69) is 17.0 Å². The van der Waals surface area contributed by atoms with E-state index in [1.54, 1.807) is 0 Å². The maximum absolute atomic E-state index is 9.76. The molecule has 0 aromatic rings. The summed E-state index contributed by atoms with van der Waals surface area (Å²) in [6, 6.07) is 0. The molecular formula is C2O2S2. The zero-order valence-corrected chi connectivity index (χ0v) is 4.27. The predicted molar refractivity (Wildman–Crippen MR) is 26.7 cm³/mol. The minimum Gasteiger partial charge on any atom is -0.399 e. The molecule has 32 valence electrons. The number of thiocarbonyl (C=S) groups is 1. The quantitative estimate of drug-likeness (QED) is 0.354. The molecule has 1 rings (SSSR count). The van der Waals surface area contributed by atoms with Gasteiger partial charge in [-0.1, -0.05) is 0 Å². The molecule has 1 fully saturated rings. The molecule has 0 spiro atoms. The fraction of sp³-hybridized carbons (Fsp3) is 0. The third-order valence-corrected chi connectivity index (χ3v) is 1.17. The van der Waals surface area contributed by atoms with Gasteiger partial charge in [-0.05, 0) is 12.2 Å². The minimum absolute atomic E-state index is 0.292. The van der Waals surface area contributed by atoms with Gasteiger partial charge in [0.1, 0.15) is 0 Å². The number of carbonyl (C=O) groups is 1. The highest BCUT2D eigenvalue weighted by molar-refractivity contribution is 8.34. The van der Waals surface area contributed by atoms with Crippen molar-refractivity contribution in [3.8, 4) is 0 Å². The van der Waals surface area contributed by atoms with Gasteiger partial charge in [0.05, 0.1) is 0 Å². The first kappa shape index (κ1) is 4.08. The third-order valence-electron chi connectivity index (χ3n) is 0.333. The van der Waals surface area contributed by atoms with E-state index in [1.165, 1.54) is 0 Å². The van der Waals surface area contributed by atoms with Gasteiger partial charge in [-0.2, -0.15) is 0 Å². The summed E-state index contributed by atoms with van der Waals surface area (Å²) in [5, 5.41) is -0.292. The highest BCUT2D eigenvalue weighted by Crippen LogP contribution is 2.20. The van der Waals surface area contributed by atoms with Crippen molar-refractivity contribution in [1.82, 2.24) is 0 Å². The van der Waals surface area contributed by atoms with Crippen molar-refractivity contribution in [3.63, 3.8) is 0 Å². The number of hydrogen-bond acceptors (Lipinski definition) is 4. The Bertz CT molecular complexity index is 86.1. The van der Waals surface area contributed by atoms with Crippen LogP contribution >= 0.6 is 24.0 Å². The maximum atomic E-state index is 9.76. The van der Waals surface area contributed by atoms with E-state index in [4.69, 9.17) is 0 Å². The first-order valence-corrected chi connectivity index (χ1v) is 2.45. The van der Waals surface area contributed by atoms with Crippen molar-refractivity contribution >= 4 is 33.7 Å². The van der Waals surface area contributed by atoms with E-state index in [-0.39, 0.29) is 5.30 Å². The van der Waals surface area contributed by atoms with Crippen LogP contribution in [0.2, 0.25) is 0 Å². The molecule has 0 atom stereocenters. The first-order chi connectivity index (χ1) is 2.79. The smallest absolute Gasteiger partial charge is 0.382 e. The Kier molecular flexibility index (Phi) is 0.816. The number of rotatable bonds is 0. The van der Waals surface area contributed by atoms with E-state index in [0.717, 1.165) is 11.8 Å². The molecule has 0 aromatic carbocycles.